The zero-order valence-electron chi connectivity index (χ0n) is 15.9. The van der Waals surface area contributed by atoms with E-state index in [1.807, 2.05) is 0 Å². The van der Waals surface area contributed by atoms with E-state index in [0.717, 1.165) is 18.9 Å². The Morgan fingerprint density at radius 2 is 2.00 bits per heavy atom. The molecule has 2 aromatic rings. The molecule has 0 spiro atoms. The van der Waals surface area contributed by atoms with Crippen molar-refractivity contribution in [2.24, 2.45) is 5.10 Å². The molecule has 0 amide bonds. The fraction of sp³-hybridized carbons (Fsp3) is 0.278. The maximum Gasteiger partial charge on any atom is 0.295 e. The van der Waals surface area contributed by atoms with Crippen LogP contribution in [0.2, 0.25) is 0 Å². The van der Waals surface area contributed by atoms with Gasteiger partial charge in [-0.15, -0.1) is 0 Å². The third-order valence-corrected chi connectivity index (χ3v) is 7.04. The SMILES string of the molecule is COc1cc(C=NNc2ccc(S(=O)(=O)N3CCCC3)cc2[N+](=O)[O-])cc(Br)c1O. The topological polar surface area (TPSA) is 134 Å². The second kappa shape index (κ2) is 8.98. The van der Waals surface area contributed by atoms with E-state index in [0.29, 0.717) is 23.1 Å². The number of nitrogens with zero attached hydrogens (tertiary/aromatic N) is 3. The fourth-order valence-electron chi connectivity index (χ4n) is 3.00. The summed E-state index contributed by atoms with van der Waals surface area (Å²) in [6.07, 6.45) is 2.92. The van der Waals surface area contributed by atoms with Gasteiger partial charge in [-0.1, -0.05) is 0 Å². The average molecular weight is 499 g/mol. The lowest BCUT2D eigenvalue weighted by Crippen LogP contribution is -2.27. The van der Waals surface area contributed by atoms with Crippen LogP contribution in [0, 0.1) is 10.1 Å². The molecule has 1 aliphatic rings. The number of hydrazone groups is 1. The molecule has 3 rings (SSSR count). The van der Waals surface area contributed by atoms with Crippen LogP contribution in [0.25, 0.3) is 0 Å². The number of phenolic OH excluding ortho intramolecular Hbond substituents is 1. The molecule has 1 saturated heterocycles. The molecule has 0 aromatic heterocycles. The molecule has 12 heteroatoms. The summed E-state index contributed by atoms with van der Waals surface area (Å²) in [5.74, 6) is 0.168. The number of nitro benzene ring substituents is 1. The van der Waals surface area contributed by atoms with Crippen LogP contribution in [0.1, 0.15) is 18.4 Å². The number of hydrogen-bond acceptors (Lipinski definition) is 8. The second-order valence-corrected chi connectivity index (χ2v) is 9.26. The van der Waals surface area contributed by atoms with Crippen molar-refractivity contribution < 1.29 is 23.2 Å². The van der Waals surface area contributed by atoms with E-state index in [9.17, 15) is 23.6 Å². The van der Waals surface area contributed by atoms with Crippen molar-refractivity contribution in [2.75, 3.05) is 25.6 Å². The molecular weight excluding hydrogens is 480 g/mol. The number of benzene rings is 2. The smallest absolute Gasteiger partial charge is 0.295 e. The molecule has 2 N–H and O–H groups in total. The molecule has 0 radical (unpaired) electrons. The van der Waals surface area contributed by atoms with Gasteiger partial charge in [-0.3, -0.25) is 15.5 Å². The van der Waals surface area contributed by atoms with Crippen LogP contribution < -0.4 is 10.2 Å². The molecule has 160 valence electrons. The number of anilines is 1. The van der Waals surface area contributed by atoms with E-state index in [2.05, 4.69) is 26.5 Å². The van der Waals surface area contributed by atoms with Crippen molar-refractivity contribution in [3.8, 4) is 11.5 Å². The number of aromatic hydroxyl groups is 1. The van der Waals surface area contributed by atoms with Crippen LogP contribution in [0.3, 0.4) is 0 Å². The average Bonchev–Trinajstić information content (AvgIpc) is 3.26. The Labute approximate surface area is 181 Å². The molecule has 2 aromatic carbocycles. The van der Waals surface area contributed by atoms with Gasteiger partial charge in [0.15, 0.2) is 11.5 Å². The first kappa shape index (κ1) is 22.0. The van der Waals surface area contributed by atoms with E-state index in [4.69, 9.17) is 4.74 Å². The van der Waals surface area contributed by atoms with Gasteiger partial charge < -0.3 is 9.84 Å². The third-order valence-electron chi connectivity index (χ3n) is 4.54. The lowest BCUT2D eigenvalue weighted by atomic mass is 10.2. The molecule has 0 bridgehead atoms. The summed E-state index contributed by atoms with van der Waals surface area (Å²) in [7, 11) is -2.37. The van der Waals surface area contributed by atoms with Crippen molar-refractivity contribution in [3.05, 3.63) is 50.5 Å². The third kappa shape index (κ3) is 4.55. The van der Waals surface area contributed by atoms with Crippen molar-refractivity contribution in [3.63, 3.8) is 0 Å². The molecule has 1 heterocycles. The largest absolute Gasteiger partial charge is 0.503 e. The van der Waals surface area contributed by atoms with Crippen molar-refractivity contribution in [2.45, 2.75) is 17.7 Å². The summed E-state index contributed by atoms with van der Waals surface area (Å²) in [4.78, 5) is 10.7. The van der Waals surface area contributed by atoms with E-state index in [1.54, 1.807) is 6.07 Å². The molecule has 0 saturated carbocycles. The lowest BCUT2D eigenvalue weighted by Gasteiger charge is -2.15. The normalized spacial score (nSPS) is 14.9. The zero-order chi connectivity index (χ0) is 21.9. The van der Waals surface area contributed by atoms with Crippen molar-refractivity contribution in [1.29, 1.82) is 0 Å². The molecule has 0 atom stereocenters. The summed E-state index contributed by atoms with van der Waals surface area (Å²) in [5.41, 5.74) is 2.76. The van der Waals surface area contributed by atoms with Gasteiger partial charge in [0, 0.05) is 19.2 Å². The summed E-state index contributed by atoms with van der Waals surface area (Å²) in [6, 6.07) is 6.78. The van der Waals surface area contributed by atoms with Crippen molar-refractivity contribution in [1.82, 2.24) is 4.31 Å². The number of rotatable bonds is 7. The number of nitrogens with one attached hydrogen (secondary N) is 1. The van der Waals surface area contributed by atoms with Gasteiger partial charge in [0.1, 0.15) is 5.69 Å². The molecule has 30 heavy (non-hydrogen) atoms. The highest BCUT2D eigenvalue weighted by Gasteiger charge is 2.29. The Balaban J connectivity index is 1.85. The molecule has 0 aliphatic carbocycles. The Hall–Kier alpha value is -2.70. The molecule has 0 unspecified atom stereocenters. The first-order valence-electron chi connectivity index (χ1n) is 8.88. The first-order chi connectivity index (χ1) is 14.2. The van der Waals surface area contributed by atoms with E-state index < -0.39 is 20.6 Å². The highest BCUT2D eigenvalue weighted by molar-refractivity contribution is 9.10. The number of halogens is 1. The fourth-order valence-corrected chi connectivity index (χ4v) is 4.99. The molecule has 10 nitrogen and oxygen atoms in total. The number of ether oxygens (including phenoxy) is 1. The minimum Gasteiger partial charge on any atom is -0.503 e. The standard InChI is InChI=1S/C18H19BrN4O6S/c1-29-17-9-12(8-14(19)18(17)24)11-20-21-15-5-4-13(10-16(15)23(25)26)30(27,28)22-6-2-3-7-22/h4-5,8-11,21,24H,2-3,6-7H2,1H3. The number of hydrogen-bond donors (Lipinski definition) is 2. The van der Waals surface area contributed by atoms with Gasteiger partial charge in [0.05, 0.1) is 27.6 Å². The highest BCUT2D eigenvalue weighted by Crippen LogP contribution is 2.35. The van der Waals surface area contributed by atoms with E-state index >= 15 is 0 Å². The van der Waals surface area contributed by atoms with Crippen LogP contribution in [0.15, 0.2) is 44.8 Å². The van der Waals surface area contributed by atoms with Gasteiger partial charge in [0.2, 0.25) is 10.0 Å². The second-order valence-electron chi connectivity index (χ2n) is 6.47. The Morgan fingerprint density at radius 1 is 1.30 bits per heavy atom. The molecule has 1 fully saturated rings. The predicted molar refractivity (Wildman–Crippen MR) is 115 cm³/mol. The maximum absolute atomic E-state index is 12.7. The summed E-state index contributed by atoms with van der Waals surface area (Å²) in [6.45, 7) is 0.818. The van der Waals surface area contributed by atoms with Crippen LogP contribution >= 0.6 is 15.9 Å². The van der Waals surface area contributed by atoms with Crippen LogP contribution in [-0.2, 0) is 10.0 Å². The number of nitro groups is 1. The lowest BCUT2D eigenvalue weighted by molar-refractivity contribution is -0.384. The number of methoxy groups -OCH3 is 1. The quantitative estimate of drug-likeness (QED) is 0.339. The van der Waals surface area contributed by atoms with E-state index in [1.165, 1.54) is 35.8 Å². The Bertz CT molecular complexity index is 1100. The van der Waals surface area contributed by atoms with Crippen molar-refractivity contribution >= 4 is 43.5 Å². The zero-order valence-corrected chi connectivity index (χ0v) is 18.3. The molecular formula is C18H19BrN4O6S. The van der Waals surface area contributed by atoms with Gasteiger partial charge in [0.25, 0.3) is 5.69 Å². The monoisotopic (exact) mass is 498 g/mol. The van der Waals surface area contributed by atoms with Gasteiger partial charge in [-0.25, -0.2) is 8.42 Å². The Morgan fingerprint density at radius 3 is 2.63 bits per heavy atom. The summed E-state index contributed by atoms with van der Waals surface area (Å²) < 4.78 is 32.1. The van der Waals surface area contributed by atoms with Gasteiger partial charge >= 0.3 is 0 Å². The molecule has 1 aliphatic heterocycles. The maximum atomic E-state index is 12.7. The van der Waals surface area contributed by atoms with Gasteiger partial charge in [-0.05, 0) is 58.6 Å². The minimum absolute atomic E-state index is 0.0430. The minimum atomic E-state index is -3.77. The first-order valence-corrected chi connectivity index (χ1v) is 11.1. The predicted octanol–water partition coefficient (Wildman–Crippen LogP) is 3.30. The van der Waals surface area contributed by atoms with Crippen LogP contribution in [0.4, 0.5) is 11.4 Å². The number of phenols is 1. The summed E-state index contributed by atoms with van der Waals surface area (Å²) >= 11 is 3.20. The van der Waals surface area contributed by atoms with Crippen LogP contribution in [-0.4, -0.2) is 49.2 Å². The van der Waals surface area contributed by atoms with Crippen LogP contribution in [0.5, 0.6) is 11.5 Å². The summed E-state index contributed by atoms with van der Waals surface area (Å²) in [5, 5.41) is 25.3. The van der Waals surface area contributed by atoms with E-state index in [-0.39, 0.29) is 22.1 Å². The van der Waals surface area contributed by atoms with Gasteiger partial charge in [-0.2, -0.15) is 9.41 Å². The number of sulfonamides is 1. The Kier molecular flexibility index (Phi) is 6.58. The highest BCUT2D eigenvalue weighted by atomic mass is 79.9.